The van der Waals surface area contributed by atoms with Crippen LogP contribution in [0.3, 0.4) is 0 Å². The molecule has 1 rings (SSSR count). The smallest absolute Gasteiger partial charge is 0.326 e. The molecule has 0 aliphatic carbocycles. The van der Waals surface area contributed by atoms with Gasteiger partial charge in [0, 0.05) is 12.1 Å². The van der Waals surface area contributed by atoms with Crippen LogP contribution in [0.5, 0.6) is 5.88 Å². The maximum absolute atomic E-state index is 11.8. The summed E-state index contributed by atoms with van der Waals surface area (Å²) >= 11 is 0. The van der Waals surface area contributed by atoms with Crippen LogP contribution >= 0.6 is 0 Å². The molecule has 0 saturated heterocycles. The molecule has 4 N–H and O–H groups in total. The monoisotopic (exact) mass is 268 g/mol. The molecule has 0 bridgehead atoms. The molecule has 0 unspecified atom stereocenters. The number of carbonyl (C=O) groups excluding carboxylic acids is 1. The summed E-state index contributed by atoms with van der Waals surface area (Å²) in [4.78, 5) is 36.0. The first-order valence-electron chi connectivity index (χ1n) is 5.76. The molecule has 104 valence electrons. The fourth-order valence-electron chi connectivity index (χ4n) is 1.59. The molecule has 1 aromatic rings. The number of aromatic nitrogens is 1. The summed E-state index contributed by atoms with van der Waals surface area (Å²) in [7, 11) is 0. The van der Waals surface area contributed by atoms with Gasteiger partial charge in [-0.25, -0.2) is 4.79 Å². The van der Waals surface area contributed by atoms with Gasteiger partial charge in [0.2, 0.25) is 0 Å². The molecule has 0 aliphatic heterocycles. The predicted octanol–water partition coefficient (Wildman–Crippen LogP) is 0.310. The molecule has 1 aromatic heterocycles. The normalized spacial score (nSPS) is 12.2. The molecule has 0 aromatic carbocycles. The van der Waals surface area contributed by atoms with E-state index in [0.717, 1.165) is 12.1 Å². The molecule has 0 fully saturated rings. The highest BCUT2D eigenvalue weighted by Crippen LogP contribution is 2.08. The van der Waals surface area contributed by atoms with Crippen molar-refractivity contribution < 1.29 is 19.8 Å². The SMILES string of the molecule is CC(C)C[C@@H](NC(=O)c1cc(O)[nH]c(=O)c1)C(=O)O. The van der Waals surface area contributed by atoms with Gasteiger partial charge in [0.05, 0.1) is 5.56 Å². The third-order valence-electron chi connectivity index (χ3n) is 2.40. The number of H-pyrrole nitrogens is 1. The fraction of sp³-hybridized carbons (Fsp3) is 0.417. The first-order valence-corrected chi connectivity index (χ1v) is 5.76. The van der Waals surface area contributed by atoms with E-state index in [1.54, 1.807) is 0 Å². The van der Waals surface area contributed by atoms with Gasteiger partial charge in [-0.05, 0) is 12.3 Å². The molecular weight excluding hydrogens is 252 g/mol. The van der Waals surface area contributed by atoms with E-state index >= 15 is 0 Å². The highest BCUT2D eigenvalue weighted by atomic mass is 16.4. The number of carboxylic acids is 1. The van der Waals surface area contributed by atoms with Crippen LogP contribution in [-0.4, -0.2) is 33.1 Å². The summed E-state index contributed by atoms with van der Waals surface area (Å²) in [6, 6.07) is 1.02. The van der Waals surface area contributed by atoms with Crippen molar-refractivity contribution in [1.82, 2.24) is 10.3 Å². The molecule has 0 aliphatic rings. The maximum Gasteiger partial charge on any atom is 0.326 e. The number of hydrogen-bond donors (Lipinski definition) is 4. The van der Waals surface area contributed by atoms with Crippen LogP contribution < -0.4 is 10.9 Å². The van der Waals surface area contributed by atoms with Gasteiger partial charge in [0.25, 0.3) is 11.5 Å². The highest BCUT2D eigenvalue weighted by Gasteiger charge is 2.22. The Balaban J connectivity index is 2.87. The van der Waals surface area contributed by atoms with E-state index in [-0.39, 0.29) is 17.9 Å². The maximum atomic E-state index is 11.8. The molecule has 7 heteroatoms. The van der Waals surface area contributed by atoms with E-state index in [0.29, 0.717) is 0 Å². The van der Waals surface area contributed by atoms with Gasteiger partial charge in [0.1, 0.15) is 6.04 Å². The second-order valence-electron chi connectivity index (χ2n) is 4.61. The number of carboxylic acid groups (broad SMARTS) is 1. The molecule has 19 heavy (non-hydrogen) atoms. The molecular formula is C12H16N2O5. The van der Waals surface area contributed by atoms with Crippen molar-refractivity contribution in [2.45, 2.75) is 26.3 Å². The van der Waals surface area contributed by atoms with Crippen molar-refractivity contribution in [3.8, 4) is 5.88 Å². The van der Waals surface area contributed by atoms with Gasteiger partial charge in [-0.3, -0.25) is 14.6 Å². The van der Waals surface area contributed by atoms with E-state index < -0.39 is 29.4 Å². The Bertz CT molecular complexity index is 535. The Labute approximate surface area is 109 Å². The quantitative estimate of drug-likeness (QED) is 0.612. The van der Waals surface area contributed by atoms with Crippen LogP contribution in [0.2, 0.25) is 0 Å². The van der Waals surface area contributed by atoms with E-state index in [1.807, 2.05) is 13.8 Å². The Hall–Kier alpha value is -2.31. The van der Waals surface area contributed by atoms with Crippen LogP contribution in [0.4, 0.5) is 0 Å². The van der Waals surface area contributed by atoms with Crippen LogP contribution in [0.1, 0.15) is 30.6 Å². The van der Waals surface area contributed by atoms with E-state index in [4.69, 9.17) is 5.11 Å². The van der Waals surface area contributed by atoms with Gasteiger partial charge in [-0.1, -0.05) is 13.8 Å². The number of rotatable bonds is 5. The van der Waals surface area contributed by atoms with Gasteiger partial charge >= 0.3 is 5.97 Å². The Morgan fingerprint density at radius 3 is 2.47 bits per heavy atom. The zero-order valence-corrected chi connectivity index (χ0v) is 10.6. The largest absolute Gasteiger partial charge is 0.494 e. The first-order chi connectivity index (χ1) is 8.79. The molecule has 7 nitrogen and oxygen atoms in total. The number of hydrogen-bond acceptors (Lipinski definition) is 4. The summed E-state index contributed by atoms with van der Waals surface area (Å²) < 4.78 is 0. The van der Waals surface area contributed by atoms with Crippen molar-refractivity contribution in [3.63, 3.8) is 0 Å². The summed E-state index contributed by atoms with van der Waals surface area (Å²) in [5.41, 5.74) is -0.725. The predicted molar refractivity (Wildman–Crippen MR) is 67.1 cm³/mol. The molecule has 1 heterocycles. The summed E-state index contributed by atoms with van der Waals surface area (Å²) in [5, 5.41) is 20.5. The highest BCUT2D eigenvalue weighted by molar-refractivity contribution is 5.96. The lowest BCUT2D eigenvalue weighted by Gasteiger charge is -2.16. The standard InChI is InChI=1S/C12H16N2O5/c1-6(2)3-8(12(18)19)13-11(17)7-4-9(15)14-10(16)5-7/h4-6,8H,3H2,1-2H3,(H,13,17)(H,18,19)(H2,14,15,16)/t8-/m1/s1. The number of aromatic hydroxyl groups is 1. The average Bonchev–Trinajstić information content (AvgIpc) is 2.25. The van der Waals surface area contributed by atoms with E-state index in [2.05, 4.69) is 10.3 Å². The van der Waals surface area contributed by atoms with E-state index in [1.165, 1.54) is 0 Å². The molecule has 0 spiro atoms. The Morgan fingerprint density at radius 2 is 2.00 bits per heavy atom. The summed E-state index contributed by atoms with van der Waals surface area (Å²) in [5.74, 6) is -2.21. The minimum Gasteiger partial charge on any atom is -0.494 e. The van der Waals surface area contributed by atoms with Crippen LogP contribution in [0.15, 0.2) is 16.9 Å². The second-order valence-corrected chi connectivity index (χ2v) is 4.61. The second kappa shape index (κ2) is 6.03. The van der Waals surface area contributed by atoms with Crippen molar-refractivity contribution in [2.75, 3.05) is 0 Å². The number of carbonyl (C=O) groups is 2. The zero-order valence-electron chi connectivity index (χ0n) is 10.6. The van der Waals surface area contributed by atoms with Crippen LogP contribution in [0, 0.1) is 5.92 Å². The number of nitrogens with one attached hydrogen (secondary N) is 2. The first kappa shape index (κ1) is 14.7. The summed E-state index contributed by atoms with van der Waals surface area (Å²) in [6.07, 6.45) is 0.274. The number of aromatic amines is 1. The lowest BCUT2D eigenvalue weighted by Crippen LogP contribution is -2.41. The van der Waals surface area contributed by atoms with Gasteiger partial charge < -0.3 is 15.5 Å². The molecule has 0 saturated carbocycles. The van der Waals surface area contributed by atoms with Gasteiger partial charge in [-0.15, -0.1) is 0 Å². The minimum absolute atomic E-state index is 0.0868. The molecule has 1 atom stereocenters. The Morgan fingerprint density at radius 1 is 1.37 bits per heavy atom. The average molecular weight is 268 g/mol. The number of amides is 1. The molecule has 0 radical (unpaired) electrons. The third kappa shape index (κ3) is 4.46. The van der Waals surface area contributed by atoms with Crippen molar-refractivity contribution in [3.05, 3.63) is 28.0 Å². The Kier molecular flexibility index (Phi) is 4.68. The minimum atomic E-state index is -1.14. The van der Waals surface area contributed by atoms with Gasteiger partial charge in [-0.2, -0.15) is 0 Å². The van der Waals surface area contributed by atoms with Crippen LogP contribution in [-0.2, 0) is 4.79 Å². The summed E-state index contributed by atoms with van der Waals surface area (Å²) in [6.45, 7) is 3.67. The number of aliphatic carboxylic acids is 1. The third-order valence-corrected chi connectivity index (χ3v) is 2.40. The molecule has 1 amide bonds. The lowest BCUT2D eigenvalue weighted by atomic mass is 10.0. The lowest BCUT2D eigenvalue weighted by molar-refractivity contribution is -0.139. The van der Waals surface area contributed by atoms with Crippen molar-refractivity contribution in [1.29, 1.82) is 0 Å². The van der Waals surface area contributed by atoms with Crippen molar-refractivity contribution >= 4 is 11.9 Å². The zero-order chi connectivity index (χ0) is 14.6. The van der Waals surface area contributed by atoms with Gasteiger partial charge in [0.15, 0.2) is 5.88 Å². The fourth-order valence-corrected chi connectivity index (χ4v) is 1.59. The van der Waals surface area contributed by atoms with E-state index in [9.17, 15) is 19.5 Å². The number of pyridine rings is 1. The van der Waals surface area contributed by atoms with Crippen molar-refractivity contribution in [2.24, 2.45) is 5.92 Å². The van der Waals surface area contributed by atoms with Crippen LogP contribution in [0.25, 0.3) is 0 Å². The topological polar surface area (TPSA) is 119 Å².